The standard InChI is InChI=1S/C18H15BrN2O4/c1-11-4-3-7-21-16(22)9-13(20-17(11)21)10-25-15-6-5-12(8-14(15)19)18(23)24-2/h3-9H,10H2,1-2H3. The van der Waals surface area contributed by atoms with E-state index >= 15 is 0 Å². The van der Waals surface area contributed by atoms with E-state index in [-0.39, 0.29) is 12.2 Å². The number of carbonyl (C=O) groups is 1. The highest BCUT2D eigenvalue weighted by Crippen LogP contribution is 2.27. The van der Waals surface area contributed by atoms with Gasteiger partial charge in [0.2, 0.25) is 0 Å². The fraction of sp³-hybridized carbons (Fsp3) is 0.167. The lowest BCUT2D eigenvalue weighted by Gasteiger charge is -2.10. The molecule has 7 heteroatoms. The Labute approximate surface area is 152 Å². The van der Waals surface area contributed by atoms with Crippen molar-refractivity contribution in [2.24, 2.45) is 0 Å². The molecule has 3 rings (SSSR count). The summed E-state index contributed by atoms with van der Waals surface area (Å²) in [6.45, 7) is 2.03. The number of esters is 1. The Hall–Kier alpha value is -2.67. The molecule has 0 saturated heterocycles. The molecule has 0 aliphatic rings. The number of benzene rings is 1. The zero-order chi connectivity index (χ0) is 18.0. The molecule has 0 radical (unpaired) electrons. The summed E-state index contributed by atoms with van der Waals surface area (Å²) in [6.07, 6.45) is 1.68. The number of hydrogen-bond acceptors (Lipinski definition) is 5. The Morgan fingerprint density at radius 2 is 2.08 bits per heavy atom. The van der Waals surface area contributed by atoms with Crippen molar-refractivity contribution in [2.45, 2.75) is 13.5 Å². The van der Waals surface area contributed by atoms with E-state index in [1.807, 2.05) is 19.1 Å². The monoisotopic (exact) mass is 402 g/mol. The third kappa shape index (κ3) is 3.56. The molecule has 0 saturated carbocycles. The van der Waals surface area contributed by atoms with Gasteiger partial charge < -0.3 is 9.47 Å². The van der Waals surface area contributed by atoms with Crippen LogP contribution in [0.3, 0.4) is 0 Å². The topological polar surface area (TPSA) is 69.9 Å². The Bertz CT molecular complexity index is 1010. The number of fused-ring (bicyclic) bond motifs is 1. The van der Waals surface area contributed by atoms with Crippen LogP contribution in [0.1, 0.15) is 21.6 Å². The molecule has 0 fully saturated rings. The number of rotatable bonds is 4. The Balaban J connectivity index is 1.85. The molecule has 2 aromatic heterocycles. The van der Waals surface area contributed by atoms with Gasteiger partial charge in [-0.2, -0.15) is 0 Å². The first-order chi connectivity index (χ1) is 12.0. The summed E-state index contributed by atoms with van der Waals surface area (Å²) >= 11 is 3.37. The van der Waals surface area contributed by atoms with Gasteiger partial charge in [-0.25, -0.2) is 9.78 Å². The SMILES string of the molecule is COC(=O)c1ccc(OCc2cc(=O)n3cccc(C)c3n2)c(Br)c1. The van der Waals surface area contributed by atoms with Gasteiger partial charge in [0.25, 0.3) is 5.56 Å². The van der Waals surface area contributed by atoms with E-state index in [9.17, 15) is 9.59 Å². The van der Waals surface area contributed by atoms with Crippen LogP contribution in [0.5, 0.6) is 5.75 Å². The van der Waals surface area contributed by atoms with Crippen molar-refractivity contribution in [3.8, 4) is 5.75 Å². The van der Waals surface area contributed by atoms with Gasteiger partial charge in [0.15, 0.2) is 0 Å². The normalized spacial score (nSPS) is 10.7. The predicted octanol–water partition coefficient (Wildman–Crippen LogP) is 3.13. The second-order valence-corrected chi connectivity index (χ2v) is 6.25. The average molecular weight is 403 g/mol. The molecule has 6 nitrogen and oxygen atoms in total. The van der Waals surface area contributed by atoms with Gasteiger partial charge in [0, 0.05) is 12.3 Å². The van der Waals surface area contributed by atoms with E-state index in [1.165, 1.54) is 17.6 Å². The Morgan fingerprint density at radius 3 is 2.80 bits per heavy atom. The molecule has 25 heavy (non-hydrogen) atoms. The molecule has 0 amide bonds. The second-order valence-electron chi connectivity index (χ2n) is 5.40. The van der Waals surface area contributed by atoms with Crippen molar-refractivity contribution < 1.29 is 14.3 Å². The number of methoxy groups -OCH3 is 1. The van der Waals surface area contributed by atoms with E-state index in [0.29, 0.717) is 27.1 Å². The molecule has 128 valence electrons. The highest BCUT2D eigenvalue weighted by atomic mass is 79.9. The fourth-order valence-electron chi connectivity index (χ4n) is 2.40. The third-order valence-electron chi connectivity index (χ3n) is 3.67. The number of carbonyl (C=O) groups excluding carboxylic acids is 1. The molecular formula is C18H15BrN2O4. The number of nitrogens with zero attached hydrogens (tertiary/aromatic N) is 2. The van der Waals surface area contributed by atoms with Gasteiger partial charge in [-0.05, 0) is 52.7 Å². The number of aromatic nitrogens is 2. The molecule has 0 bridgehead atoms. The minimum Gasteiger partial charge on any atom is -0.486 e. The summed E-state index contributed by atoms with van der Waals surface area (Å²) in [6, 6.07) is 10.0. The molecular weight excluding hydrogens is 388 g/mol. The first-order valence-corrected chi connectivity index (χ1v) is 8.27. The maximum atomic E-state index is 12.2. The number of hydrogen-bond donors (Lipinski definition) is 0. The Kier molecular flexibility index (Phi) is 4.85. The third-order valence-corrected chi connectivity index (χ3v) is 4.29. The van der Waals surface area contributed by atoms with Crippen molar-refractivity contribution in [2.75, 3.05) is 7.11 Å². The smallest absolute Gasteiger partial charge is 0.337 e. The van der Waals surface area contributed by atoms with E-state index in [0.717, 1.165) is 5.56 Å². The lowest BCUT2D eigenvalue weighted by atomic mass is 10.2. The quantitative estimate of drug-likeness (QED) is 0.626. The molecule has 0 spiro atoms. The number of aryl methyl sites for hydroxylation is 1. The van der Waals surface area contributed by atoms with Crippen molar-refractivity contribution in [3.05, 3.63) is 74.2 Å². The van der Waals surface area contributed by atoms with E-state index < -0.39 is 5.97 Å². The summed E-state index contributed by atoms with van der Waals surface area (Å²) in [7, 11) is 1.33. The summed E-state index contributed by atoms with van der Waals surface area (Å²) in [5, 5.41) is 0. The highest BCUT2D eigenvalue weighted by Gasteiger charge is 2.10. The van der Waals surface area contributed by atoms with Crippen LogP contribution in [0.15, 0.2) is 51.9 Å². The lowest BCUT2D eigenvalue weighted by Crippen LogP contribution is -2.17. The average Bonchev–Trinajstić information content (AvgIpc) is 2.61. The molecule has 0 aliphatic heterocycles. The zero-order valence-electron chi connectivity index (χ0n) is 13.7. The van der Waals surface area contributed by atoms with Crippen molar-refractivity contribution in [1.82, 2.24) is 9.38 Å². The van der Waals surface area contributed by atoms with Gasteiger partial charge in [0.05, 0.1) is 22.8 Å². The molecule has 0 aliphatic carbocycles. The molecule has 1 aromatic carbocycles. The molecule has 0 atom stereocenters. The van der Waals surface area contributed by atoms with Crippen LogP contribution in [-0.2, 0) is 11.3 Å². The van der Waals surface area contributed by atoms with Gasteiger partial charge in [0.1, 0.15) is 18.0 Å². The first kappa shape index (κ1) is 17.2. The molecule has 2 heterocycles. The molecule has 0 unspecified atom stereocenters. The van der Waals surface area contributed by atoms with Gasteiger partial charge in [-0.15, -0.1) is 0 Å². The van der Waals surface area contributed by atoms with E-state index in [4.69, 9.17) is 4.74 Å². The van der Waals surface area contributed by atoms with Gasteiger partial charge in [-0.1, -0.05) is 6.07 Å². The Morgan fingerprint density at radius 1 is 1.28 bits per heavy atom. The van der Waals surface area contributed by atoms with Gasteiger partial charge >= 0.3 is 5.97 Å². The lowest BCUT2D eigenvalue weighted by molar-refractivity contribution is 0.0600. The van der Waals surface area contributed by atoms with Crippen LogP contribution in [-0.4, -0.2) is 22.5 Å². The van der Waals surface area contributed by atoms with Crippen LogP contribution < -0.4 is 10.3 Å². The van der Waals surface area contributed by atoms with Crippen LogP contribution >= 0.6 is 15.9 Å². The van der Waals surface area contributed by atoms with Crippen LogP contribution in [0, 0.1) is 6.92 Å². The second kappa shape index (κ2) is 7.06. The summed E-state index contributed by atoms with van der Waals surface area (Å²) in [5.74, 6) is 0.117. The van der Waals surface area contributed by atoms with Crippen molar-refractivity contribution >= 4 is 27.5 Å². The van der Waals surface area contributed by atoms with E-state index in [2.05, 4.69) is 25.7 Å². The maximum Gasteiger partial charge on any atom is 0.337 e. The fourth-order valence-corrected chi connectivity index (χ4v) is 2.89. The first-order valence-electron chi connectivity index (χ1n) is 7.48. The zero-order valence-corrected chi connectivity index (χ0v) is 15.2. The summed E-state index contributed by atoms with van der Waals surface area (Å²) in [4.78, 5) is 28.2. The van der Waals surface area contributed by atoms with Crippen LogP contribution in [0.4, 0.5) is 0 Å². The molecule has 3 aromatic rings. The minimum atomic E-state index is -0.424. The summed E-state index contributed by atoms with van der Waals surface area (Å²) in [5.41, 5.74) is 2.30. The maximum absolute atomic E-state index is 12.2. The summed E-state index contributed by atoms with van der Waals surface area (Å²) < 4.78 is 12.5. The van der Waals surface area contributed by atoms with Crippen LogP contribution in [0.2, 0.25) is 0 Å². The number of halogens is 1. The highest BCUT2D eigenvalue weighted by molar-refractivity contribution is 9.10. The largest absolute Gasteiger partial charge is 0.486 e. The number of pyridine rings is 1. The van der Waals surface area contributed by atoms with E-state index in [1.54, 1.807) is 24.4 Å². The predicted molar refractivity (Wildman–Crippen MR) is 96.0 cm³/mol. The number of ether oxygens (including phenoxy) is 2. The van der Waals surface area contributed by atoms with Crippen molar-refractivity contribution in [3.63, 3.8) is 0 Å². The van der Waals surface area contributed by atoms with Gasteiger partial charge in [-0.3, -0.25) is 9.20 Å². The minimum absolute atomic E-state index is 0.135. The molecule has 0 N–H and O–H groups in total. The van der Waals surface area contributed by atoms with Crippen LogP contribution in [0.25, 0.3) is 5.65 Å². The van der Waals surface area contributed by atoms with Crippen molar-refractivity contribution in [1.29, 1.82) is 0 Å².